The molecule has 1 N–H and O–H groups in total. The Morgan fingerprint density at radius 2 is 1.63 bits per heavy atom. The maximum absolute atomic E-state index is 12.9. The van der Waals surface area contributed by atoms with Crippen LogP contribution in [0.1, 0.15) is 31.8 Å². The first-order valence-corrected chi connectivity index (χ1v) is 13.1. The highest BCUT2D eigenvalue weighted by atomic mass is 79.9. The van der Waals surface area contributed by atoms with E-state index >= 15 is 0 Å². The summed E-state index contributed by atoms with van der Waals surface area (Å²) in [5, 5.41) is 2.90. The number of anilines is 2. The van der Waals surface area contributed by atoms with Crippen LogP contribution in [0.25, 0.3) is 0 Å². The third-order valence-electron chi connectivity index (χ3n) is 6.34. The van der Waals surface area contributed by atoms with Crippen LogP contribution in [0.15, 0.2) is 65.1 Å². The van der Waals surface area contributed by atoms with Crippen molar-refractivity contribution in [3.63, 3.8) is 0 Å². The number of hydrogen-bond donors (Lipinski definition) is 1. The fourth-order valence-corrected chi connectivity index (χ4v) is 5.27. The lowest BCUT2D eigenvalue weighted by Gasteiger charge is -2.37. The molecule has 2 amide bonds. The highest BCUT2D eigenvalue weighted by molar-refractivity contribution is 9.10. The van der Waals surface area contributed by atoms with Crippen molar-refractivity contribution in [2.75, 3.05) is 50.1 Å². The Morgan fingerprint density at radius 1 is 0.921 bits per heavy atom. The molecule has 0 spiro atoms. The molecular formula is C29H30BrN3O5. The second-order valence-electron chi connectivity index (χ2n) is 9.10. The van der Waals surface area contributed by atoms with Gasteiger partial charge in [-0.15, -0.1) is 0 Å². The zero-order valence-corrected chi connectivity index (χ0v) is 23.2. The van der Waals surface area contributed by atoms with Gasteiger partial charge >= 0.3 is 5.97 Å². The number of nitrogens with one attached hydrogen (secondary N) is 1. The van der Waals surface area contributed by atoms with Gasteiger partial charge in [0, 0.05) is 31.7 Å². The molecule has 0 aliphatic carbocycles. The van der Waals surface area contributed by atoms with Gasteiger partial charge in [0.15, 0.2) is 6.61 Å². The van der Waals surface area contributed by atoms with Crippen LogP contribution in [0.5, 0.6) is 5.75 Å². The van der Waals surface area contributed by atoms with E-state index in [1.807, 2.05) is 61.2 Å². The van der Waals surface area contributed by atoms with Crippen LogP contribution in [0, 0.1) is 13.8 Å². The quantitative estimate of drug-likeness (QED) is 0.403. The van der Waals surface area contributed by atoms with E-state index in [2.05, 4.69) is 26.1 Å². The fourth-order valence-electron chi connectivity index (χ4n) is 4.48. The van der Waals surface area contributed by atoms with E-state index < -0.39 is 5.97 Å². The minimum absolute atomic E-state index is 0.00507. The summed E-state index contributed by atoms with van der Waals surface area (Å²) in [7, 11) is 1.31. The number of rotatable bonds is 7. The predicted octanol–water partition coefficient (Wildman–Crippen LogP) is 4.83. The molecule has 198 valence electrons. The molecule has 0 bridgehead atoms. The number of methoxy groups -OCH3 is 1. The van der Waals surface area contributed by atoms with Crippen molar-refractivity contribution in [3.05, 3.63) is 87.4 Å². The van der Waals surface area contributed by atoms with Crippen LogP contribution in [0.3, 0.4) is 0 Å². The van der Waals surface area contributed by atoms with Gasteiger partial charge in [-0.1, -0.05) is 24.3 Å². The number of esters is 1. The molecule has 3 aromatic carbocycles. The minimum Gasteiger partial charge on any atom is -0.482 e. The summed E-state index contributed by atoms with van der Waals surface area (Å²) in [5.41, 5.74) is 4.21. The van der Waals surface area contributed by atoms with Crippen molar-refractivity contribution in [1.29, 1.82) is 0 Å². The van der Waals surface area contributed by atoms with Crippen molar-refractivity contribution in [2.45, 2.75) is 13.8 Å². The summed E-state index contributed by atoms with van der Waals surface area (Å²) >= 11 is 3.50. The molecule has 1 aliphatic heterocycles. The molecule has 1 fully saturated rings. The van der Waals surface area contributed by atoms with Crippen LogP contribution in [-0.4, -0.2) is 62.6 Å². The molecule has 0 aromatic heterocycles. The zero-order chi connectivity index (χ0) is 27.2. The SMILES string of the molecule is COC(=O)c1ccc(N2CCN(C(=O)c3ccccc3)CC2)c(NC(=O)COc2c(C)cc(C)cc2Br)c1. The Morgan fingerprint density at radius 3 is 2.29 bits per heavy atom. The van der Waals surface area contributed by atoms with Crippen molar-refractivity contribution >= 4 is 45.1 Å². The Bertz CT molecular complexity index is 1310. The molecule has 0 radical (unpaired) electrons. The van der Waals surface area contributed by atoms with Gasteiger partial charge in [0.05, 0.1) is 28.5 Å². The summed E-state index contributed by atoms with van der Waals surface area (Å²) in [5.74, 6) is -0.262. The summed E-state index contributed by atoms with van der Waals surface area (Å²) < 4.78 is 11.5. The highest BCUT2D eigenvalue weighted by Gasteiger charge is 2.25. The fraction of sp³-hybridized carbons (Fsp3) is 0.276. The molecule has 1 heterocycles. The second kappa shape index (κ2) is 12.1. The second-order valence-corrected chi connectivity index (χ2v) is 9.95. The highest BCUT2D eigenvalue weighted by Crippen LogP contribution is 2.31. The lowest BCUT2D eigenvalue weighted by Crippen LogP contribution is -2.49. The molecule has 3 aromatic rings. The molecule has 38 heavy (non-hydrogen) atoms. The molecule has 9 heteroatoms. The lowest BCUT2D eigenvalue weighted by atomic mass is 10.1. The van der Waals surface area contributed by atoms with Crippen LogP contribution in [0.2, 0.25) is 0 Å². The van der Waals surface area contributed by atoms with E-state index in [-0.39, 0.29) is 18.4 Å². The normalized spacial score (nSPS) is 13.2. The number of piperazine rings is 1. The number of carbonyl (C=O) groups is 3. The van der Waals surface area contributed by atoms with E-state index in [0.29, 0.717) is 48.7 Å². The maximum Gasteiger partial charge on any atom is 0.337 e. The van der Waals surface area contributed by atoms with E-state index in [9.17, 15) is 14.4 Å². The number of ether oxygens (including phenoxy) is 2. The van der Waals surface area contributed by atoms with Crippen LogP contribution >= 0.6 is 15.9 Å². The van der Waals surface area contributed by atoms with Gasteiger partial charge in [-0.05, 0) is 77.3 Å². The standard InChI is InChI=1S/C29H30BrN3O5/c1-19-15-20(2)27(23(30)16-19)38-18-26(34)31-24-17-22(29(36)37-3)9-10-25(24)32-11-13-33(14-12-32)28(35)21-7-5-4-6-8-21/h4-10,15-17H,11-14,18H2,1-3H3,(H,31,34). The average molecular weight is 580 g/mol. The van der Waals surface area contributed by atoms with Gasteiger partial charge < -0.3 is 24.6 Å². The first kappa shape index (κ1) is 27.2. The number of aryl methyl sites for hydroxylation is 2. The number of nitrogens with zero attached hydrogens (tertiary/aromatic N) is 2. The van der Waals surface area contributed by atoms with Crippen molar-refractivity contribution in [2.24, 2.45) is 0 Å². The van der Waals surface area contributed by atoms with Crippen molar-refractivity contribution in [3.8, 4) is 5.75 Å². The van der Waals surface area contributed by atoms with Gasteiger partial charge in [-0.2, -0.15) is 0 Å². The average Bonchev–Trinajstić information content (AvgIpc) is 2.92. The van der Waals surface area contributed by atoms with Crippen LogP contribution < -0.4 is 15.0 Å². The largest absolute Gasteiger partial charge is 0.482 e. The van der Waals surface area contributed by atoms with E-state index in [1.165, 1.54) is 7.11 Å². The first-order chi connectivity index (χ1) is 18.3. The summed E-state index contributed by atoms with van der Waals surface area (Å²) in [6.45, 7) is 5.92. The Labute approximate surface area is 230 Å². The lowest BCUT2D eigenvalue weighted by molar-refractivity contribution is -0.118. The predicted molar refractivity (Wildman–Crippen MR) is 150 cm³/mol. The monoisotopic (exact) mass is 579 g/mol. The first-order valence-electron chi connectivity index (χ1n) is 12.3. The smallest absolute Gasteiger partial charge is 0.337 e. The van der Waals surface area contributed by atoms with Crippen molar-refractivity contribution in [1.82, 2.24) is 4.90 Å². The van der Waals surface area contributed by atoms with Crippen LogP contribution in [-0.2, 0) is 9.53 Å². The molecule has 8 nitrogen and oxygen atoms in total. The topological polar surface area (TPSA) is 88.2 Å². The van der Waals surface area contributed by atoms with Crippen molar-refractivity contribution < 1.29 is 23.9 Å². The van der Waals surface area contributed by atoms with E-state index in [0.717, 1.165) is 21.3 Å². The summed E-state index contributed by atoms with van der Waals surface area (Å²) in [6, 6.07) is 18.2. The summed E-state index contributed by atoms with van der Waals surface area (Å²) in [6.07, 6.45) is 0. The van der Waals surface area contributed by atoms with Gasteiger partial charge in [-0.25, -0.2) is 4.79 Å². The Hall–Kier alpha value is -3.85. The van der Waals surface area contributed by atoms with E-state index in [4.69, 9.17) is 9.47 Å². The zero-order valence-electron chi connectivity index (χ0n) is 21.6. The van der Waals surface area contributed by atoms with Gasteiger partial charge in [0.25, 0.3) is 11.8 Å². The number of halogens is 1. The van der Waals surface area contributed by atoms with Gasteiger partial charge in [0.1, 0.15) is 5.75 Å². The van der Waals surface area contributed by atoms with Gasteiger partial charge in [-0.3, -0.25) is 9.59 Å². The number of amides is 2. The van der Waals surface area contributed by atoms with E-state index in [1.54, 1.807) is 18.2 Å². The molecular weight excluding hydrogens is 550 g/mol. The number of hydrogen-bond acceptors (Lipinski definition) is 6. The minimum atomic E-state index is -0.499. The Kier molecular flexibility index (Phi) is 8.68. The Balaban J connectivity index is 1.48. The maximum atomic E-state index is 12.9. The molecule has 0 atom stereocenters. The molecule has 1 aliphatic rings. The number of carbonyl (C=O) groups excluding carboxylic acids is 3. The molecule has 0 saturated carbocycles. The third kappa shape index (κ3) is 6.34. The molecule has 4 rings (SSSR count). The van der Waals surface area contributed by atoms with Gasteiger partial charge in [0.2, 0.25) is 0 Å². The third-order valence-corrected chi connectivity index (χ3v) is 6.93. The number of benzene rings is 3. The summed E-state index contributed by atoms with van der Waals surface area (Å²) in [4.78, 5) is 41.9. The molecule has 1 saturated heterocycles. The van der Waals surface area contributed by atoms with Crippen LogP contribution in [0.4, 0.5) is 11.4 Å². The molecule has 0 unspecified atom stereocenters.